The largest absolute Gasteiger partial charge is 0.327 e. The summed E-state index contributed by atoms with van der Waals surface area (Å²) in [6, 6.07) is 4.63. The number of fused-ring (bicyclic) bond motifs is 1. The smallest absolute Gasteiger partial charge is 0.312 e. The molecule has 1 aromatic rings. The molecule has 0 radical (unpaired) electrons. The molecule has 2 heterocycles. The molecule has 6 heteroatoms. The minimum Gasteiger partial charge on any atom is -0.312 e. The lowest BCUT2D eigenvalue weighted by atomic mass is 10.2. The van der Waals surface area contributed by atoms with Gasteiger partial charge in [0.2, 0.25) is 0 Å². The first-order valence-electron chi connectivity index (χ1n) is 6.14. The van der Waals surface area contributed by atoms with Crippen LogP contribution in [0.3, 0.4) is 0 Å². The zero-order valence-electron chi connectivity index (χ0n) is 10.1. The van der Waals surface area contributed by atoms with Crippen molar-refractivity contribution in [3.63, 3.8) is 0 Å². The number of carbonyl (C=O) groups excluding carboxylic acids is 2. The van der Waals surface area contributed by atoms with Gasteiger partial charge in [0.05, 0.1) is 6.54 Å². The van der Waals surface area contributed by atoms with Crippen LogP contribution in [0.2, 0.25) is 10.0 Å². The van der Waals surface area contributed by atoms with Crippen molar-refractivity contribution >= 4 is 35.1 Å². The molecule has 0 aromatic heterocycles. The molecule has 1 aromatic carbocycles. The fraction of sp³-hybridized carbons (Fsp3) is 0.385. The van der Waals surface area contributed by atoms with E-state index in [9.17, 15) is 9.59 Å². The van der Waals surface area contributed by atoms with Gasteiger partial charge in [-0.25, -0.2) is 4.79 Å². The SMILES string of the molecule is O=C1[C@H]2CCCN2C(=O)N1Cc1c(Cl)cccc1Cl. The van der Waals surface area contributed by atoms with Crippen LogP contribution in [0.25, 0.3) is 0 Å². The molecule has 2 aliphatic rings. The second kappa shape index (κ2) is 4.69. The molecule has 2 fully saturated rings. The van der Waals surface area contributed by atoms with Crippen LogP contribution in [0.15, 0.2) is 18.2 Å². The zero-order valence-corrected chi connectivity index (χ0v) is 11.6. The molecule has 0 bridgehead atoms. The Morgan fingerprint density at radius 2 is 1.89 bits per heavy atom. The minimum absolute atomic E-state index is 0.140. The summed E-state index contributed by atoms with van der Waals surface area (Å²) >= 11 is 12.2. The molecule has 0 saturated carbocycles. The van der Waals surface area contributed by atoms with Crippen molar-refractivity contribution in [2.24, 2.45) is 0 Å². The van der Waals surface area contributed by atoms with E-state index in [1.54, 1.807) is 23.1 Å². The Labute approximate surface area is 120 Å². The van der Waals surface area contributed by atoms with Gasteiger partial charge in [-0.2, -0.15) is 0 Å². The van der Waals surface area contributed by atoms with Crippen LogP contribution in [0.5, 0.6) is 0 Å². The van der Waals surface area contributed by atoms with E-state index >= 15 is 0 Å². The monoisotopic (exact) mass is 298 g/mol. The Morgan fingerprint density at radius 3 is 2.53 bits per heavy atom. The van der Waals surface area contributed by atoms with Crippen molar-refractivity contribution in [2.45, 2.75) is 25.4 Å². The molecule has 3 rings (SSSR count). The summed E-state index contributed by atoms with van der Waals surface area (Å²) in [5.41, 5.74) is 0.619. The fourth-order valence-corrected chi connectivity index (χ4v) is 3.19. The van der Waals surface area contributed by atoms with Crippen LogP contribution in [0.1, 0.15) is 18.4 Å². The quantitative estimate of drug-likeness (QED) is 0.788. The number of amides is 3. The Kier molecular flexibility index (Phi) is 3.15. The van der Waals surface area contributed by atoms with Gasteiger partial charge in [0, 0.05) is 22.2 Å². The van der Waals surface area contributed by atoms with Crippen LogP contribution >= 0.6 is 23.2 Å². The third-order valence-electron chi connectivity index (χ3n) is 3.66. The van der Waals surface area contributed by atoms with E-state index in [-0.39, 0.29) is 24.5 Å². The normalized spacial score (nSPS) is 22.3. The third-order valence-corrected chi connectivity index (χ3v) is 4.37. The van der Waals surface area contributed by atoms with Gasteiger partial charge >= 0.3 is 6.03 Å². The number of benzene rings is 1. The van der Waals surface area contributed by atoms with Gasteiger partial charge < -0.3 is 4.90 Å². The summed E-state index contributed by atoms with van der Waals surface area (Å²) in [7, 11) is 0. The first-order valence-corrected chi connectivity index (χ1v) is 6.90. The molecule has 100 valence electrons. The molecule has 2 aliphatic heterocycles. The number of rotatable bonds is 2. The van der Waals surface area contributed by atoms with Crippen LogP contribution in [0.4, 0.5) is 4.79 Å². The average Bonchev–Trinajstić information content (AvgIpc) is 2.93. The van der Waals surface area contributed by atoms with Gasteiger partial charge in [-0.1, -0.05) is 29.3 Å². The van der Waals surface area contributed by atoms with Crippen molar-refractivity contribution in [1.29, 1.82) is 0 Å². The zero-order chi connectivity index (χ0) is 13.6. The van der Waals surface area contributed by atoms with Crippen LogP contribution in [-0.4, -0.2) is 34.3 Å². The van der Waals surface area contributed by atoms with E-state index in [0.717, 1.165) is 12.8 Å². The lowest BCUT2D eigenvalue weighted by Crippen LogP contribution is -2.32. The molecule has 0 spiro atoms. The van der Waals surface area contributed by atoms with Crippen molar-refractivity contribution in [3.8, 4) is 0 Å². The molecule has 2 saturated heterocycles. The van der Waals surface area contributed by atoms with Gasteiger partial charge in [-0.05, 0) is 25.0 Å². The summed E-state index contributed by atoms with van der Waals surface area (Å²) in [6.07, 6.45) is 1.64. The third kappa shape index (κ3) is 1.99. The molecule has 3 amide bonds. The van der Waals surface area contributed by atoms with Gasteiger partial charge in [0.1, 0.15) is 6.04 Å². The highest BCUT2D eigenvalue weighted by molar-refractivity contribution is 6.36. The summed E-state index contributed by atoms with van der Waals surface area (Å²) in [5, 5.41) is 0.945. The van der Waals surface area contributed by atoms with E-state index in [4.69, 9.17) is 23.2 Å². The number of imide groups is 1. The highest BCUT2D eigenvalue weighted by atomic mass is 35.5. The molecular weight excluding hydrogens is 287 g/mol. The summed E-state index contributed by atoms with van der Waals surface area (Å²) in [6.45, 7) is 0.797. The van der Waals surface area contributed by atoms with E-state index in [0.29, 0.717) is 22.2 Å². The molecule has 0 unspecified atom stereocenters. The lowest BCUT2D eigenvalue weighted by molar-refractivity contribution is -0.128. The van der Waals surface area contributed by atoms with Crippen molar-refractivity contribution in [3.05, 3.63) is 33.8 Å². The number of hydrogen-bond acceptors (Lipinski definition) is 2. The predicted octanol–water partition coefficient (Wildman–Crippen LogP) is 2.92. The Bertz CT molecular complexity index is 519. The average molecular weight is 299 g/mol. The Balaban J connectivity index is 1.88. The summed E-state index contributed by atoms with van der Waals surface area (Å²) in [5.74, 6) is -0.140. The molecular formula is C13H12Cl2N2O2. The highest BCUT2D eigenvalue weighted by Gasteiger charge is 2.47. The van der Waals surface area contributed by atoms with E-state index in [2.05, 4.69) is 0 Å². The van der Waals surface area contributed by atoms with Crippen LogP contribution < -0.4 is 0 Å². The molecule has 4 nitrogen and oxygen atoms in total. The van der Waals surface area contributed by atoms with Crippen molar-refractivity contribution in [2.75, 3.05) is 6.54 Å². The number of nitrogens with zero attached hydrogens (tertiary/aromatic N) is 2. The second-order valence-corrected chi connectivity index (χ2v) is 5.57. The maximum atomic E-state index is 12.2. The maximum Gasteiger partial charge on any atom is 0.327 e. The number of hydrogen-bond donors (Lipinski definition) is 0. The first kappa shape index (κ1) is 12.8. The summed E-state index contributed by atoms with van der Waals surface area (Å²) in [4.78, 5) is 27.2. The van der Waals surface area contributed by atoms with Crippen LogP contribution in [-0.2, 0) is 11.3 Å². The molecule has 0 N–H and O–H groups in total. The van der Waals surface area contributed by atoms with Gasteiger partial charge in [-0.15, -0.1) is 0 Å². The number of urea groups is 1. The van der Waals surface area contributed by atoms with E-state index in [1.165, 1.54) is 4.90 Å². The van der Waals surface area contributed by atoms with Gasteiger partial charge in [0.15, 0.2) is 0 Å². The number of halogens is 2. The maximum absolute atomic E-state index is 12.2. The lowest BCUT2D eigenvalue weighted by Gasteiger charge is -2.17. The molecule has 1 atom stereocenters. The standard InChI is InChI=1S/C13H12Cl2N2O2/c14-9-3-1-4-10(15)8(9)7-17-12(18)11-5-2-6-16(11)13(17)19/h1,3-4,11H,2,5-7H2/t11-/m1/s1. The topological polar surface area (TPSA) is 40.6 Å². The second-order valence-electron chi connectivity index (χ2n) is 4.76. The first-order chi connectivity index (χ1) is 9.09. The van der Waals surface area contributed by atoms with Gasteiger partial charge in [0.25, 0.3) is 5.91 Å². The van der Waals surface area contributed by atoms with Crippen LogP contribution in [0, 0.1) is 0 Å². The summed E-state index contributed by atoms with van der Waals surface area (Å²) < 4.78 is 0. The van der Waals surface area contributed by atoms with Crippen molar-refractivity contribution in [1.82, 2.24) is 9.80 Å². The fourth-order valence-electron chi connectivity index (χ4n) is 2.67. The van der Waals surface area contributed by atoms with E-state index < -0.39 is 0 Å². The molecule has 19 heavy (non-hydrogen) atoms. The van der Waals surface area contributed by atoms with Gasteiger partial charge in [-0.3, -0.25) is 9.69 Å². The molecule has 0 aliphatic carbocycles. The predicted molar refractivity (Wildman–Crippen MR) is 72.1 cm³/mol. The number of carbonyl (C=O) groups is 2. The minimum atomic E-state index is -0.284. The highest BCUT2D eigenvalue weighted by Crippen LogP contribution is 2.31. The Morgan fingerprint density at radius 1 is 1.21 bits per heavy atom. The van der Waals surface area contributed by atoms with Crippen molar-refractivity contribution < 1.29 is 9.59 Å². The Hall–Kier alpha value is -1.26. The van der Waals surface area contributed by atoms with E-state index in [1.807, 2.05) is 0 Å².